The number of nitrogens with zero attached hydrogens (tertiary/aromatic N) is 2. The molecule has 1 aromatic rings. The van der Waals surface area contributed by atoms with Gasteiger partial charge >= 0.3 is 0 Å². The molecule has 1 aromatic carbocycles. The number of benzene rings is 1. The fourth-order valence-electron chi connectivity index (χ4n) is 1.81. The van der Waals surface area contributed by atoms with Crippen molar-refractivity contribution >= 4 is 21.8 Å². The second kappa shape index (κ2) is 8.81. The van der Waals surface area contributed by atoms with Gasteiger partial charge in [0.1, 0.15) is 18.2 Å². The maximum Gasteiger partial charge on any atom is 0.143 e. The molecule has 0 radical (unpaired) electrons. The van der Waals surface area contributed by atoms with E-state index in [1.807, 2.05) is 31.2 Å². The third-order valence-corrected chi connectivity index (χ3v) is 3.57. The maximum absolute atomic E-state index is 8.66. The Hall–Kier alpha value is -1.27. The van der Waals surface area contributed by atoms with Crippen LogP contribution in [0.3, 0.4) is 0 Å². The predicted molar refractivity (Wildman–Crippen MR) is 84.3 cm³/mol. The standard InChI is InChI=1S/C14H22BrN3O2/c1-3-18(10-11(2)14(16)17-19)7-8-20-13-6-4-5-12(15)9-13/h4-6,9,11,19H,3,7-8,10H2,1-2H3,(H2,16,17). The van der Waals surface area contributed by atoms with Crippen LogP contribution in [0.5, 0.6) is 5.75 Å². The molecular weight excluding hydrogens is 322 g/mol. The zero-order valence-electron chi connectivity index (χ0n) is 11.9. The summed E-state index contributed by atoms with van der Waals surface area (Å²) in [6.07, 6.45) is 0. The third kappa shape index (κ3) is 5.79. The number of halogens is 1. The van der Waals surface area contributed by atoms with Gasteiger partial charge in [-0.3, -0.25) is 4.90 Å². The van der Waals surface area contributed by atoms with Crippen LogP contribution in [0, 0.1) is 5.92 Å². The summed E-state index contributed by atoms with van der Waals surface area (Å²) >= 11 is 3.41. The molecule has 0 bridgehead atoms. The minimum atomic E-state index is 0.0193. The highest BCUT2D eigenvalue weighted by molar-refractivity contribution is 9.10. The molecule has 112 valence electrons. The van der Waals surface area contributed by atoms with Crippen LogP contribution in [0.2, 0.25) is 0 Å². The van der Waals surface area contributed by atoms with Crippen LogP contribution >= 0.6 is 15.9 Å². The summed E-state index contributed by atoms with van der Waals surface area (Å²) in [7, 11) is 0. The number of amidine groups is 1. The zero-order valence-corrected chi connectivity index (χ0v) is 13.5. The summed E-state index contributed by atoms with van der Waals surface area (Å²) in [5.41, 5.74) is 5.59. The van der Waals surface area contributed by atoms with Crippen molar-refractivity contribution in [3.8, 4) is 5.75 Å². The van der Waals surface area contributed by atoms with Crippen LogP contribution in [0.25, 0.3) is 0 Å². The molecule has 0 aliphatic heterocycles. The second-order valence-electron chi connectivity index (χ2n) is 4.62. The average Bonchev–Trinajstić information content (AvgIpc) is 2.45. The number of likely N-dealkylation sites (N-methyl/N-ethyl adjacent to an activating group) is 1. The van der Waals surface area contributed by atoms with Gasteiger partial charge in [0.05, 0.1) is 0 Å². The summed E-state index contributed by atoms with van der Waals surface area (Å²) in [6.45, 7) is 7.06. The van der Waals surface area contributed by atoms with Gasteiger partial charge in [-0.1, -0.05) is 41.0 Å². The van der Waals surface area contributed by atoms with Crippen LogP contribution in [0.15, 0.2) is 33.9 Å². The first-order valence-electron chi connectivity index (χ1n) is 6.65. The van der Waals surface area contributed by atoms with Crippen LogP contribution in [-0.4, -0.2) is 42.2 Å². The Morgan fingerprint density at radius 2 is 2.30 bits per heavy atom. The van der Waals surface area contributed by atoms with Gasteiger partial charge in [-0.25, -0.2) is 0 Å². The molecule has 0 saturated heterocycles. The average molecular weight is 344 g/mol. The third-order valence-electron chi connectivity index (χ3n) is 3.07. The second-order valence-corrected chi connectivity index (χ2v) is 5.54. The van der Waals surface area contributed by atoms with E-state index >= 15 is 0 Å². The Morgan fingerprint density at radius 3 is 2.90 bits per heavy atom. The first-order chi connectivity index (χ1) is 9.56. The minimum absolute atomic E-state index is 0.0193. The molecule has 1 atom stereocenters. The smallest absolute Gasteiger partial charge is 0.143 e. The number of nitrogens with two attached hydrogens (primary N) is 1. The quantitative estimate of drug-likeness (QED) is 0.329. The highest BCUT2D eigenvalue weighted by Gasteiger charge is 2.12. The van der Waals surface area contributed by atoms with Crippen molar-refractivity contribution in [3.63, 3.8) is 0 Å². The summed E-state index contributed by atoms with van der Waals surface area (Å²) in [5, 5.41) is 11.7. The Morgan fingerprint density at radius 1 is 1.55 bits per heavy atom. The van der Waals surface area contributed by atoms with Crippen LogP contribution in [0.1, 0.15) is 13.8 Å². The molecule has 1 unspecified atom stereocenters. The van der Waals surface area contributed by atoms with E-state index in [4.69, 9.17) is 15.7 Å². The van der Waals surface area contributed by atoms with Crippen molar-refractivity contribution < 1.29 is 9.94 Å². The molecular formula is C14H22BrN3O2. The van der Waals surface area contributed by atoms with Gasteiger partial charge in [-0.05, 0) is 24.7 Å². The Balaban J connectivity index is 2.38. The largest absolute Gasteiger partial charge is 0.492 e. The Kier molecular flexibility index (Phi) is 7.40. The number of oxime groups is 1. The fraction of sp³-hybridized carbons (Fsp3) is 0.500. The number of hydrogen-bond acceptors (Lipinski definition) is 4. The summed E-state index contributed by atoms with van der Waals surface area (Å²) < 4.78 is 6.71. The molecule has 0 saturated carbocycles. The van der Waals surface area contributed by atoms with E-state index in [9.17, 15) is 0 Å². The van der Waals surface area contributed by atoms with Gasteiger partial charge in [-0.2, -0.15) is 0 Å². The number of ether oxygens (including phenoxy) is 1. The number of hydrogen-bond donors (Lipinski definition) is 2. The summed E-state index contributed by atoms with van der Waals surface area (Å²) in [6, 6.07) is 7.77. The highest BCUT2D eigenvalue weighted by atomic mass is 79.9. The van der Waals surface area contributed by atoms with Crippen LogP contribution in [0.4, 0.5) is 0 Å². The highest BCUT2D eigenvalue weighted by Crippen LogP contribution is 2.17. The molecule has 0 heterocycles. The molecule has 0 amide bonds. The summed E-state index contributed by atoms with van der Waals surface area (Å²) in [4.78, 5) is 2.21. The molecule has 0 aliphatic carbocycles. The van der Waals surface area contributed by atoms with Crippen molar-refractivity contribution in [1.29, 1.82) is 0 Å². The van der Waals surface area contributed by atoms with E-state index in [0.29, 0.717) is 6.61 Å². The van der Waals surface area contributed by atoms with Crippen molar-refractivity contribution in [2.45, 2.75) is 13.8 Å². The lowest BCUT2D eigenvalue weighted by atomic mass is 10.1. The fourth-order valence-corrected chi connectivity index (χ4v) is 2.19. The van der Waals surface area contributed by atoms with E-state index < -0.39 is 0 Å². The van der Waals surface area contributed by atoms with Crippen molar-refractivity contribution in [1.82, 2.24) is 4.90 Å². The van der Waals surface area contributed by atoms with E-state index in [2.05, 4.69) is 32.9 Å². The molecule has 20 heavy (non-hydrogen) atoms. The van der Waals surface area contributed by atoms with Gasteiger partial charge in [0.15, 0.2) is 0 Å². The van der Waals surface area contributed by atoms with Crippen molar-refractivity contribution in [2.75, 3.05) is 26.2 Å². The molecule has 1 rings (SSSR count). The van der Waals surface area contributed by atoms with Crippen LogP contribution in [-0.2, 0) is 0 Å². The van der Waals surface area contributed by atoms with E-state index in [1.165, 1.54) is 0 Å². The Labute approximate surface area is 128 Å². The maximum atomic E-state index is 8.66. The zero-order chi connectivity index (χ0) is 15.0. The van der Waals surface area contributed by atoms with Crippen LogP contribution < -0.4 is 10.5 Å². The first-order valence-corrected chi connectivity index (χ1v) is 7.44. The molecule has 5 nitrogen and oxygen atoms in total. The van der Waals surface area contributed by atoms with Gasteiger partial charge in [0, 0.05) is 23.5 Å². The molecule has 3 N–H and O–H groups in total. The lowest BCUT2D eigenvalue weighted by Crippen LogP contribution is -2.37. The SMILES string of the molecule is CCN(CCOc1cccc(Br)c1)CC(C)C(N)=NO. The molecule has 0 aliphatic rings. The topological polar surface area (TPSA) is 71.1 Å². The van der Waals surface area contributed by atoms with E-state index in [0.717, 1.165) is 29.9 Å². The molecule has 0 aromatic heterocycles. The first kappa shape index (κ1) is 16.8. The minimum Gasteiger partial charge on any atom is -0.492 e. The van der Waals surface area contributed by atoms with Gasteiger partial charge in [-0.15, -0.1) is 0 Å². The summed E-state index contributed by atoms with van der Waals surface area (Å²) in [5.74, 6) is 1.13. The van der Waals surface area contributed by atoms with Gasteiger partial charge in [0.2, 0.25) is 0 Å². The van der Waals surface area contributed by atoms with Crippen molar-refractivity contribution in [3.05, 3.63) is 28.7 Å². The lowest BCUT2D eigenvalue weighted by Gasteiger charge is -2.23. The predicted octanol–water partition coefficient (Wildman–Crippen LogP) is 2.53. The molecule has 0 spiro atoms. The van der Waals surface area contributed by atoms with Crippen molar-refractivity contribution in [2.24, 2.45) is 16.8 Å². The molecule has 0 fully saturated rings. The van der Waals surface area contributed by atoms with E-state index in [1.54, 1.807) is 0 Å². The monoisotopic (exact) mass is 343 g/mol. The normalized spacial score (nSPS) is 13.5. The number of rotatable bonds is 8. The van der Waals surface area contributed by atoms with E-state index in [-0.39, 0.29) is 11.8 Å². The lowest BCUT2D eigenvalue weighted by molar-refractivity contribution is 0.206. The van der Waals surface area contributed by atoms with Gasteiger partial charge in [0.25, 0.3) is 0 Å². The Bertz CT molecular complexity index is 440. The molecule has 6 heteroatoms. The van der Waals surface area contributed by atoms with Gasteiger partial charge < -0.3 is 15.7 Å².